The van der Waals surface area contributed by atoms with Gasteiger partial charge in [-0.3, -0.25) is 4.79 Å². The number of benzene rings is 1. The normalized spacial score (nSPS) is 15.4. The van der Waals surface area contributed by atoms with Crippen molar-refractivity contribution in [1.29, 1.82) is 0 Å². The molecule has 1 fully saturated rings. The third-order valence-corrected chi connectivity index (χ3v) is 5.53. The van der Waals surface area contributed by atoms with Gasteiger partial charge in [0.15, 0.2) is 0 Å². The first-order valence-electron chi connectivity index (χ1n) is 10.5. The maximum Gasteiger partial charge on any atom is 0.223 e. The second-order valence-corrected chi connectivity index (χ2v) is 7.61. The Morgan fingerprint density at radius 1 is 1.15 bits per heavy atom. The van der Waals surface area contributed by atoms with E-state index in [-0.39, 0.29) is 11.8 Å². The average molecular weight is 356 g/mol. The molecule has 2 aromatic rings. The first kappa shape index (κ1) is 18.9. The predicted molar refractivity (Wildman–Crippen MR) is 107 cm³/mol. The van der Waals surface area contributed by atoms with Crippen molar-refractivity contribution in [2.45, 2.75) is 77.7 Å². The van der Waals surface area contributed by atoms with Gasteiger partial charge in [-0.15, -0.1) is 0 Å². The lowest BCUT2D eigenvalue weighted by Crippen LogP contribution is -2.32. The molecule has 0 spiro atoms. The molecule has 0 unspecified atom stereocenters. The van der Waals surface area contributed by atoms with Crippen LogP contribution in [0.4, 0.5) is 0 Å². The van der Waals surface area contributed by atoms with E-state index in [1.165, 1.54) is 30.6 Å². The minimum absolute atomic E-state index is 0.276. The Bertz CT molecular complexity index is 700. The van der Waals surface area contributed by atoms with Gasteiger partial charge in [0.1, 0.15) is 5.82 Å². The Morgan fingerprint density at radius 3 is 2.77 bits per heavy atom. The second kappa shape index (κ2) is 9.75. The number of hydrogen-bond donors (Lipinski definition) is 1. The van der Waals surface area contributed by atoms with Crippen LogP contribution in [0.5, 0.6) is 0 Å². The van der Waals surface area contributed by atoms with Crippen molar-refractivity contribution in [3.63, 3.8) is 0 Å². The molecule has 0 bridgehead atoms. The third kappa shape index (κ3) is 4.87. The van der Waals surface area contributed by atoms with E-state index < -0.39 is 0 Å². The molecular formula is C22H33N3O. The van der Waals surface area contributed by atoms with Crippen molar-refractivity contribution < 1.29 is 4.79 Å². The molecule has 26 heavy (non-hydrogen) atoms. The van der Waals surface area contributed by atoms with Gasteiger partial charge in [-0.2, -0.15) is 0 Å². The summed E-state index contributed by atoms with van der Waals surface area (Å²) in [5, 5.41) is 3.14. The first-order chi connectivity index (χ1) is 12.8. The zero-order valence-corrected chi connectivity index (χ0v) is 16.2. The van der Waals surface area contributed by atoms with Crippen LogP contribution in [-0.4, -0.2) is 22.0 Å². The Kier molecular flexibility index (Phi) is 7.10. The van der Waals surface area contributed by atoms with Gasteiger partial charge >= 0.3 is 0 Å². The minimum Gasteiger partial charge on any atom is -0.356 e. The Hall–Kier alpha value is -1.84. The summed E-state index contributed by atoms with van der Waals surface area (Å²) in [7, 11) is 0. The standard InChI is InChI=1S/C22H33N3O/c1-2-17-25-20-14-9-8-13-19(20)24-21(25)15-7-4-10-16-23-22(26)18-11-5-3-6-12-18/h8-9,13-14,18H,2-7,10-12,15-17H2,1H3,(H,23,26). The number of amides is 1. The summed E-state index contributed by atoms with van der Waals surface area (Å²) in [5.41, 5.74) is 2.36. The van der Waals surface area contributed by atoms with Gasteiger partial charge in [0.2, 0.25) is 5.91 Å². The van der Waals surface area contributed by atoms with E-state index in [0.717, 1.165) is 63.6 Å². The van der Waals surface area contributed by atoms with Crippen molar-refractivity contribution in [1.82, 2.24) is 14.9 Å². The number of hydrogen-bond acceptors (Lipinski definition) is 2. The fraction of sp³-hybridized carbons (Fsp3) is 0.636. The van der Waals surface area contributed by atoms with E-state index >= 15 is 0 Å². The molecule has 4 nitrogen and oxygen atoms in total. The summed E-state index contributed by atoms with van der Waals surface area (Å²) in [6.45, 7) is 4.07. The average Bonchev–Trinajstić information content (AvgIpc) is 3.03. The smallest absolute Gasteiger partial charge is 0.223 e. The quantitative estimate of drug-likeness (QED) is 0.653. The SMILES string of the molecule is CCCn1c(CCCCCNC(=O)C2CCCCC2)nc2ccccc21. The number of fused-ring (bicyclic) bond motifs is 1. The fourth-order valence-electron chi connectivity index (χ4n) is 4.09. The summed E-state index contributed by atoms with van der Waals surface area (Å²) in [5.74, 6) is 1.77. The van der Waals surface area contributed by atoms with Gasteiger partial charge in [0.05, 0.1) is 11.0 Å². The van der Waals surface area contributed by atoms with Crippen molar-refractivity contribution in [2.24, 2.45) is 5.92 Å². The van der Waals surface area contributed by atoms with Gasteiger partial charge in [-0.25, -0.2) is 4.98 Å². The lowest BCUT2D eigenvalue weighted by atomic mass is 9.89. The van der Waals surface area contributed by atoms with Crippen LogP contribution in [0.1, 0.15) is 70.5 Å². The van der Waals surface area contributed by atoms with Crippen LogP contribution in [-0.2, 0) is 17.8 Å². The lowest BCUT2D eigenvalue weighted by molar-refractivity contribution is -0.125. The monoisotopic (exact) mass is 355 g/mol. The molecule has 1 heterocycles. The van der Waals surface area contributed by atoms with Crippen molar-refractivity contribution in [2.75, 3.05) is 6.54 Å². The molecule has 1 N–H and O–H groups in total. The summed E-state index contributed by atoms with van der Waals surface area (Å²) >= 11 is 0. The summed E-state index contributed by atoms with van der Waals surface area (Å²) in [6.07, 6.45) is 11.4. The predicted octanol–water partition coefficient (Wildman–Crippen LogP) is 4.86. The van der Waals surface area contributed by atoms with E-state index in [0.29, 0.717) is 0 Å². The number of unbranched alkanes of at least 4 members (excludes halogenated alkanes) is 2. The molecule has 4 heteroatoms. The summed E-state index contributed by atoms with van der Waals surface area (Å²) in [4.78, 5) is 17.0. The zero-order valence-electron chi connectivity index (χ0n) is 16.2. The molecule has 0 aliphatic heterocycles. The highest BCUT2D eigenvalue weighted by molar-refractivity contribution is 5.78. The molecule has 0 saturated heterocycles. The molecule has 1 aromatic carbocycles. The van der Waals surface area contributed by atoms with Crippen LogP contribution in [0, 0.1) is 5.92 Å². The first-order valence-corrected chi connectivity index (χ1v) is 10.5. The summed E-state index contributed by atoms with van der Waals surface area (Å²) < 4.78 is 2.38. The van der Waals surface area contributed by atoms with Crippen LogP contribution in [0.3, 0.4) is 0 Å². The number of carbonyl (C=O) groups excluding carboxylic acids is 1. The Labute approximate surface area is 157 Å². The molecule has 3 rings (SSSR count). The van der Waals surface area contributed by atoms with Gasteiger partial charge in [0.25, 0.3) is 0 Å². The number of aryl methyl sites for hydroxylation is 2. The molecule has 0 radical (unpaired) electrons. The van der Waals surface area contributed by atoms with E-state index in [2.05, 4.69) is 41.1 Å². The lowest BCUT2D eigenvalue weighted by Gasteiger charge is -2.20. The molecular weight excluding hydrogens is 322 g/mol. The van der Waals surface area contributed by atoms with Crippen LogP contribution in [0.15, 0.2) is 24.3 Å². The zero-order chi connectivity index (χ0) is 18.2. The van der Waals surface area contributed by atoms with Crippen molar-refractivity contribution in [3.05, 3.63) is 30.1 Å². The highest BCUT2D eigenvalue weighted by Gasteiger charge is 2.20. The van der Waals surface area contributed by atoms with E-state index in [1.807, 2.05) is 0 Å². The molecule has 1 aliphatic rings. The Morgan fingerprint density at radius 2 is 1.96 bits per heavy atom. The number of nitrogens with one attached hydrogen (secondary N) is 1. The third-order valence-electron chi connectivity index (χ3n) is 5.53. The van der Waals surface area contributed by atoms with Crippen LogP contribution in [0.25, 0.3) is 11.0 Å². The van der Waals surface area contributed by atoms with Crippen LogP contribution < -0.4 is 5.32 Å². The highest BCUT2D eigenvalue weighted by atomic mass is 16.1. The van der Waals surface area contributed by atoms with E-state index in [4.69, 9.17) is 4.98 Å². The molecule has 142 valence electrons. The summed E-state index contributed by atoms with van der Waals surface area (Å²) in [6, 6.07) is 8.42. The molecule has 1 aromatic heterocycles. The van der Waals surface area contributed by atoms with E-state index in [1.54, 1.807) is 0 Å². The van der Waals surface area contributed by atoms with Crippen molar-refractivity contribution >= 4 is 16.9 Å². The van der Waals surface area contributed by atoms with Gasteiger partial charge < -0.3 is 9.88 Å². The number of rotatable bonds is 9. The fourth-order valence-corrected chi connectivity index (χ4v) is 4.09. The Balaban J connectivity index is 1.40. The van der Waals surface area contributed by atoms with Gasteiger partial charge in [-0.1, -0.05) is 44.7 Å². The number of aromatic nitrogens is 2. The largest absolute Gasteiger partial charge is 0.356 e. The number of carbonyl (C=O) groups is 1. The minimum atomic E-state index is 0.276. The highest BCUT2D eigenvalue weighted by Crippen LogP contribution is 2.23. The van der Waals surface area contributed by atoms with Crippen LogP contribution in [0.2, 0.25) is 0 Å². The molecule has 1 saturated carbocycles. The molecule has 1 amide bonds. The maximum absolute atomic E-state index is 12.1. The molecule has 1 aliphatic carbocycles. The topological polar surface area (TPSA) is 46.9 Å². The second-order valence-electron chi connectivity index (χ2n) is 7.61. The van der Waals surface area contributed by atoms with Gasteiger partial charge in [-0.05, 0) is 44.2 Å². The van der Waals surface area contributed by atoms with Gasteiger partial charge in [0, 0.05) is 25.4 Å². The van der Waals surface area contributed by atoms with E-state index in [9.17, 15) is 4.79 Å². The van der Waals surface area contributed by atoms with Crippen molar-refractivity contribution in [3.8, 4) is 0 Å². The number of imidazole rings is 1. The molecule has 0 atom stereocenters. The number of nitrogens with zero attached hydrogens (tertiary/aromatic N) is 2. The number of para-hydroxylation sites is 2. The van der Waals surface area contributed by atoms with Crippen LogP contribution >= 0.6 is 0 Å². The maximum atomic E-state index is 12.1.